The summed E-state index contributed by atoms with van der Waals surface area (Å²) in [5.41, 5.74) is 2.38. The second-order valence-corrected chi connectivity index (χ2v) is 5.91. The molecule has 1 aromatic heterocycles. The Labute approximate surface area is 141 Å². The van der Waals surface area contributed by atoms with Crippen LogP contribution < -0.4 is 10.6 Å². The van der Waals surface area contributed by atoms with Crippen LogP contribution in [-0.4, -0.2) is 17.9 Å². The van der Waals surface area contributed by atoms with Crippen molar-refractivity contribution in [3.05, 3.63) is 50.2 Å². The summed E-state index contributed by atoms with van der Waals surface area (Å²) in [5, 5.41) is 6.34. The maximum absolute atomic E-state index is 12.3. The van der Waals surface area contributed by atoms with Crippen LogP contribution in [0.3, 0.4) is 0 Å². The quantitative estimate of drug-likeness (QED) is 0.745. The highest BCUT2D eigenvalue weighted by molar-refractivity contribution is 9.10. The molecular weight excluding hydrogens is 377 g/mol. The zero-order valence-corrected chi connectivity index (χ0v) is 14.4. The highest BCUT2D eigenvalue weighted by atomic mass is 79.9. The Morgan fingerprint density at radius 2 is 1.95 bits per heavy atom. The Bertz CT molecular complexity index is 707. The van der Waals surface area contributed by atoms with Crippen molar-refractivity contribution >= 4 is 56.4 Å². The number of amides is 1. The van der Waals surface area contributed by atoms with E-state index in [9.17, 15) is 4.79 Å². The summed E-state index contributed by atoms with van der Waals surface area (Å²) in [6.07, 6.45) is 1.52. The molecule has 0 fully saturated rings. The molecule has 21 heavy (non-hydrogen) atoms. The Morgan fingerprint density at radius 3 is 2.62 bits per heavy atom. The minimum absolute atomic E-state index is 0.283. The van der Waals surface area contributed by atoms with Crippen molar-refractivity contribution in [1.29, 1.82) is 0 Å². The Kier molecular flexibility index (Phi) is 5.08. The third kappa shape index (κ3) is 3.48. The smallest absolute Gasteiger partial charge is 0.259 e. The molecule has 0 radical (unpaired) electrons. The van der Waals surface area contributed by atoms with Gasteiger partial charge in [0.2, 0.25) is 0 Å². The predicted octanol–water partition coefficient (Wildman–Crippen LogP) is 4.75. The number of aryl methyl sites for hydroxylation is 1. The molecule has 0 saturated carbocycles. The number of rotatable bonds is 3. The summed E-state index contributed by atoms with van der Waals surface area (Å²) < 4.78 is 0.667. The summed E-state index contributed by atoms with van der Waals surface area (Å²) >= 11 is 15.4. The zero-order valence-electron chi connectivity index (χ0n) is 11.3. The van der Waals surface area contributed by atoms with Crippen molar-refractivity contribution < 1.29 is 4.79 Å². The van der Waals surface area contributed by atoms with Crippen LogP contribution in [-0.2, 0) is 0 Å². The van der Waals surface area contributed by atoms with Crippen LogP contribution in [0.5, 0.6) is 0 Å². The van der Waals surface area contributed by atoms with E-state index in [0.29, 0.717) is 26.4 Å². The average Bonchev–Trinajstić information content (AvgIpc) is 2.47. The van der Waals surface area contributed by atoms with Crippen molar-refractivity contribution in [3.63, 3.8) is 0 Å². The molecule has 1 heterocycles. The fourth-order valence-electron chi connectivity index (χ4n) is 1.76. The van der Waals surface area contributed by atoms with Gasteiger partial charge in [0.25, 0.3) is 5.91 Å². The van der Waals surface area contributed by atoms with Crippen molar-refractivity contribution in [2.75, 3.05) is 17.7 Å². The van der Waals surface area contributed by atoms with Gasteiger partial charge in [0.15, 0.2) is 0 Å². The minimum atomic E-state index is -0.313. The lowest BCUT2D eigenvalue weighted by Crippen LogP contribution is -2.15. The molecular formula is C14H12BrCl2N3O. The lowest BCUT2D eigenvalue weighted by molar-refractivity contribution is 0.102. The molecule has 0 aliphatic carbocycles. The van der Waals surface area contributed by atoms with Crippen molar-refractivity contribution in [2.45, 2.75) is 6.92 Å². The topological polar surface area (TPSA) is 54.0 Å². The molecule has 2 N–H and O–H groups in total. The molecule has 1 aromatic carbocycles. The van der Waals surface area contributed by atoms with Crippen molar-refractivity contribution in [2.24, 2.45) is 0 Å². The van der Waals surface area contributed by atoms with E-state index >= 15 is 0 Å². The van der Waals surface area contributed by atoms with E-state index in [0.717, 1.165) is 5.69 Å². The molecule has 7 heteroatoms. The first kappa shape index (κ1) is 16.1. The number of carbonyl (C=O) groups is 1. The minimum Gasteiger partial charge on any atom is -0.387 e. The third-order valence-electron chi connectivity index (χ3n) is 2.84. The number of halogens is 3. The predicted molar refractivity (Wildman–Crippen MR) is 90.6 cm³/mol. The number of aromatic nitrogens is 1. The van der Waals surface area contributed by atoms with E-state index in [4.69, 9.17) is 23.2 Å². The monoisotopic (exact) mass is 387 g/mol. The summed E-state index contributed by atoms with van der Waals surface area (Å²) in [6, 6.07) is 5.19. The van der Waals surface area contributed by atoms with Gasteiger partial charge >= 0.3 is 0 Å². The molecule has 1 amide bonds. The van der Waals surface area contributed by atoms with E-state index in [2.05, 4.69) is 31.5 Å². The van der Waals surface area contributed by atoms with Crippen LogP contribution >= 0.6 is 39.1 Å². The fourth-order valence-corrected chi connectivity index (χ4v) is 2.58. The SMILES string of the molecule is CNc1cc(C)ncc1C(=O)Nc1ccc(Br)c(Cl)c1Cl. The Morgan fingerprint density at radius 1 is 1.24 bits per heavy atom. The zero-order chi connectivity index (χ0) is 15.6. The number of nitrogens with one attached hydrogen (secondary N) is 2. The van der Waals surface area contributed by atoms with Gasteiger partial charge in [-0.2, -0.15) is 0 Å². The van der Waals surface area contributed by atoms with E-state index in [-0.39, 0.29) is 10.9 Å². The van der Waals surface area contributed by atoms with Crippen LogP contribution in [0.25, 0.3) is 0 Å². The number of hydrogen-bond acceptors (Lipinski definition) is 3. The number of carbonyl (C=O) groups excluding carboxylic acids is 1. The van der Waals surface area contributed by atoms with E-state index in [1.54, 1.807) is 25.2 Å². The van der Waals surface area contributed by atoms with Crippen molar-refractivity contribution in [3.8, 4) is 0 Å². The van der Waals surface area contributed by atoms with Gasteiger partial charge in [0.1, 0.15) is 0 Å². The van der Waals surface area contributed by atoms with Gasteiger partial charge in [-0.3, -0.25) is 9.78 Å². The van der Waals surface area contributed by atoms with Gasteiger partial charge in [0.05, 0.1) is 27.0 Å². The molecule has 0 spiro atoms. The maximum Gasteiger partial charge on any atom is 0.259 e. The Hall–Kier alpha value is -1.30. The second-order valence-electron chi connectivity index (χ2n) is 4.30. The number of pyridine rings is 1. The molecule has 0 atom stereocenters. The molecule has 110 valence electrons. The van der Waals surface area contributed by atoms with Gasteiger partial charge in [-0.25, -0.2) is 0 Å². The first-order chi connectivity index (χ1) is 9.93. The molecule has 2 rings (SSSR count). The van der Waals surface area contributed by atoms with Gasteiger partial charge in [-0.05, 0) is 41.1 Å². The number of hydrogen-bond donors (Lipinski definition) is 2. The van der Waals surface area contributed by atoms with Crippen LogP contribution in [0.15, 0.2) is 28.9 Å². The molecule has 0 bridgehead atoms. The highest BCUT2D eigenvalue weighted by Crippen LogP contribution is 2.36. The molecule has 0 aliphatic heterocycles. The standard InChI is InChI=1S/C14H12BrCl2N3O/c1-7-5-11(18-2)8(6-19-7)14(21)20-10-4-3-9(15)12(16)13(10)17/h3-6H,1-2H3,(H,18,19)(H,20,21). The van der Waals surface area contributed by atoms with Crippen LogP contribution in [0.1, 0.15) is 16.1 Å². The molecule has 2 aromatic rings. The maximum atomic E-state index is 12.3. The molecule has 0 aliphatic rings. The lowest BCUT2D eigenvalue weighted by atomic mass is 10.2. The number of anilines is 2. The highest BCUT2D eigenvalue weighted by Gasteiger charge is 2.15. The molecule has 0 saturated heterocycles. The van der Waals surface area contributed by atoms with Crippen LogP contribution in [0, 0.1) is 6.92 Å². The summed E-state index contributed by atoms with van der Waals surface area (Å²) in [7, 11) is 1.75. The average molecular weight is 389 g/mol. The Balaban J connectivity index is 2.33. The summed E-state index contributed by atoms with van der Waals surface area (Å²) in [5.74, 6) is -0.313. The van der Waals surface area contributed by atoms with Gasteiger partial charge < -0.3 is 10.6 Å². The van der Waals surface area contributed by atoms with Gasteiger partial charge in [-0.15, -0.1) is 0 Å². The van der Waals surface area contributed by atoms with E-state index in [1.807, 2.05) is 6.92 Å². The van der Waals surface area contributed by atoms with Crippen LogP contribution in [0.4, 0.5) is 11.4 Å². The van der Waals surface area contributed by atoms with Crippen molar-refractivity contribution in [1.82, 2.24) is 4.98 Å². The second kappa shape index (κ2) is 6.64. The summed E-state index contributed by atoms with van der Waals surface area (Å²) in [4.78, 5) is 16.5. The number of benzene rings is 1. The third-order valence-corrected chi connectivity index (χ3v) is 4.61. The molecule has 0 unspecified atom stereocenters. The first-order valence-corrected chi connectivity index (χ1v) is 7.58. The first-order valence-electron chi connectivity index (χ1n) is 6.03. The molecule has 4 nitrogen and oxygen atoms in total. The van der Waals surface area contributed by atoms with E-state index in [1.165, 1.54) is 6.20 Å². The van der Waals surface area contributed by atoms with E-state index < -0.39 is 0 Å². The van der Waals surface area contributed by atoms with Crippen LogP contribution in [0.2, 0.25) is 10.0 Å². The summed E-state index contributed by atoms with van der Waals surface area (Å²) in [6.45, 7) is 1.86. The van der Waals surface area contributed by atoms with Gasteiger partial charge in [0, 0.05) is 23.4 Å². The lowest BCUT2D eigenvalue weighted by Gasteiger charge is -2.12. The normalized spacial score (nSPS) is 10.3. The largest absolute Gasteiger partial charge is 0.387 e. The fraction of sp³-hybridized carbons (Fsp3) is 0.143. The van der Waals surface area contributed by atoms with Gasteiger partial charge in [-0.1, -0.05) is 23.2 Å². The number of nitrogens with zero attached hydrogens (tertiary/aromatic N) is 1.